The highest BCUT2D eigenvalue weighted by Crippen LogP contribution is 2.38. The molecule has 0 unspecified atom stereocenters. The number of anilines is 1. The topological polar surface area (TPSA) is 124 Å². The second kappa shape index (κ2) is 13.5. The first-order valence-corrected chi connectivity index (χ1v) is 13.2. The number of aliphatic hydroxyl groups excluding tert-OH is 2. The number of aliphatic hydroxyl groups is 2. The van der Waals surface area contributed by atoms with Crippen molar-refractivity contribution in [1.29, 1.82) is 0 Å². The van der Waals surface area contributed by atoms with E-state index in [1.807, 2.05) is 61.3 Å². The molecule has 4 rings (SSSR count). The Balaban J connectivity index is 1.50. The van der Waals surface area contributed by atoms with Crippen LogP contribution in [-0.2, 0) is 16.1 Å². The smallest absolute Gasteiger partial charge is 0.319 e. The molecule has 0 spiro atoms. The van der Waals surface area contributed by atoms with E-state index in [1.165, 1.54) is 0 Å². The van der Waals surface area contributed by atoms with Crippen LogP contribution in [0.1, 0.15) is 54.1 Å². The summed E-state index contributed by atoms with van der Waals surface area (Å²) in [4.78, 5) is 14.0. The van der Waals surface area contributed by atoms with Crippen molar-refractivity contribution in [3.8, 4) is 5.75 Å². The van der Waals surface area contributed by atoms with Crippen LogP contribution in [-0.4, -0.2) is 59.0 Å². The molecule has 0 saturated carbocycles. The summed E-state index contributed by atoms with van der Waals surface area (Å²) in [6.45, 7) is 3.24. The van der Waals surface area contributed by atoms with Crippen LogP contribution in [0.2, 0.25) is 0 Å². The first kappa shape index (κ1) is 28.5. The third-order valence-electron chi connectivity index (χ3n) is 6.62. The molecular weight excluding hydrogens is 498 g/mol. The van der Waals surface area contributed by atoms with Crippen molar-refractivity contribution in [3.63, 3.8) is 0 Å². The van der Waals surface area contributed by atoms with Gasteiger partial charge < -0.3 is 40.3 Å². The van der Waals surface area contributed by atoms with E-state index in [9.17, 15) is 20.1 Å². The van der Waals surface area contributed by atoms with Gasteiger partial charge in [-0.1, -0.05) is 48.5 Å². The number of nitrogens with one attached hydrogen (secondary N) is 2. The van der Waals surface area contributed by atoms with Crippen molar-refractivity contribution >= 4 is 11.7 Å². The predicted molar refractivity (Wildman–Crippen MR) is 148 cm³/mol. The minimum atomic E-state index is -0.767. The molecule has 9 heteroatoms. The number of nitrogens with zero attached hydrogens (tertiary/aromatic N) is 1. The number of phenolic OH excluding ortho intramolecular Hbond substituents is 1. The van der Waals surface area contributed by atoms with E-state index in [2.05, 4.69) is 10.6 Å². The molecule has 1 heterocycles. The average Bonchev–Trinajstić information content (AvgIpc) is 2.93. The third-order valence-corrected chi connectivity index (χ3v) is 6.62. The van der Waals surface area contributed by atoms with E-state index >= 15 is 0 Å². The number of ether oxygens (including phenoxy) is 2. The summed E-state index contributed by atoms with van der Waals surface area (Å²) >= 11 is 0. The fraction of sp³-hybridized carbons (Fsp3) is 0.367. The monoisotopic (exact) mass is 535 g/mol. The number of carbonyl (C=O) groups is 1. The Morgan fingerprint density at radius 1 is 1.05 bits per heavy atom. The first-order chi connectivity index (χ1) is 18.8. The molecule has 0 aromatic heterocycles. The van der Waals surface area contributed by atoms with Crippen LogP contribution in [0.4, 0.5) is 10.5 Å². The van der Waals surface area contributed by atoms with Crippen molar-refractivity contribution in [2.45, 2.75) is 44.6 Å². The van der Waals surface area contributed by atoms with Gasteiger partial charge in [-0.05, 0) is 54.9 Å². The lowest BCUT2D eigenvalue weighted by Crippen LogP contribution is -2.39. The Kier molecular flexibility index (Phi) is 9.91. The summed E-state index contributed by atoms with van der Waals surface area (Å²) in [6, 6.07) is 21.4. The number of phenols is 1. The highest BCUT2D eigenvalue weighted by atomic mass is 16.7. The van der Waals surface area contributed by atoms with Crippen LogP contribution in [0.3, 0.4) is 0 Å². The molecule has 1 aliphatic heterocycles. The average molecular weight is 536 g/mol. The molecule has 4 atom stereocenters. The van der Waals surface area contributed by atoms with Gasteiger partial charge in [0.1, 0.15) is 5.75 Å². The molecule has 39 heavy (non-hydrogen) atoms. The van der Waals surface area contributed by atoms with Crippen LogP contribution in [0, 0.1) is 0 Å². The van der Waals surface area contributed by atoms with Crippen LogP contribution in [0.5, 0.6) is 5.75 Å². The summed E-state index contributed by atoms with van der Waals surface area (Å²) in [5, 5.41) is 35.5. The van der Waals surface area contributed by atoms with Gasteiger partial charge in [0.05, 0.1) is 24.9 Å². The fourth-order valence-corrected chi connectivity index (χ4v) is 4.69. The number of aromatic hydroxyl groups is 1. The molecule has 1 aliphatic rings. The summed E-state index contributed by atoms with van der Waals surface area (Å²) in [5.74, 6) is 0.115. The maximum absolute atomic E-state index is 12.0. The van der Waals surface area contributed by atoms with E-state index in [-0.39, 0.29) is 30.6 Å². The standard InChI is InChI=1S/C30H37N3O6/c1-3-31-30(37)32-24-8-4-7-23(14-24)29-38-26(16-28(39-29)21-12-10-20(19-34)11-13-21)17-33(2)18-27(36)22-6-5-9-25(35)15-22/h4-15,26-29,34-36H,3,16-19H2,1-2H3,(H2,31,32,37)/t26-,27+,28+,29+/m0/s1. The third kappa shape index (κ3) is 8.01. The first-order valence-electron chi connectivity index (χ1n) is 13.2. The highest BCUT2D eigenvalue weighted by Gasteiger charge is 2.33. The number of hydrogen-bond acceptors (Lipinski definition) is 7. The molecular formula is C30H37N3O6. The summed E-state index contributed by atoms with van der Waals surface area (Å²) in [7, 11) is 1.92. The molecule has 2 amide bonds. The molecule has 5 N–H and O–H groups in total. The normalized spacial score (nSPS) is 20.0. The maximum atomic E-state index is 12.0. The molecule has 0 bridgehead atoms. The van der Waals surface area contributed by atoms with Crippen molar-refractivity contribution in [2.24, 2.45) is 0 Å². The van der Waals surface area contributed by atoms with Gasteiger partial charge in [0.25, 0.3) is 0 Å². The summed E-state index contributed by atoms with van der Waals surface area (Å²) < 4.78 is 12.8. The Bertz CT molecular complexity index is 1220. The Labute approximate surface area is 229 Å². The molecule has 3 aromatic carbocycles. The molecule has 9 nitrogen and oxygen atoms in total. The summed E-state index contributed by atoms with van der Waals surface area (Å²) in [6.07, 6.45) is -1.32. The van der Waals surface area contributed by atoms with Crippen LogP contribution in [0.25, 0.3) is 0 Å². The van der Waals surface area contributed by atoms with E-state index in [1.54, 1.807) is 30.3 Å². The molecule has 1 fully saturated rings. The van der Waals surface area contributed by atoms with Crippen LogP contribution >= 0.6 is 0 Å². The van der Waals surface area contributed by atoms with Gasteiger partial charge >= 0.3 is 6.03 Å². The lowest BCUT2D eigenvalue weighted by Gasteiger charge is -2.38. The van der Waals surface area contributed by atoms with E-state index in [0.29, 0.717) is 37.3 Å². The Morgan fingerprint density at radius 3 is 2.54 bits per heavy atom. The SMILES string of the molecule is CCNC(=O)Nc1cccc([C@@H]2O[C@H](CN(C)C[C@@H](O)c3cccc(O)c3)C[C@H](c3ccc(CO)cc3)O2)c1. The Morgan fingerprint density at radius 2 is 1.82 bits per heavy atom. The number of benzene rings is 3. The van der Waals surface area contributed by atoms with Gasteiger partial charge in [0.2, 0.25) is 0 Å². The number of rotatable bonds is 10. The second-order valence-electron chi connectivity index (χ2n) is 9.79. The molecule has 0 radical (unpaired) electrons. The maximum Gasteiger partial charge on any atom is 0.319 e. The molecule has 208 valence electrons. The van der Waals surface area contributed by atoms with Gasteiger partial charge in [0, 0.05) is 37.3 Å². The van der Waals surface area contributed by atoms with Crippen LogP contribution < -0.4 is 10.6 Å². The van der Waals surface area contributed by atoms with Crippen molar-refractivity contribution in [1.82, 2.24) is 10.2 Å². The fourth-order valence-electron chi connectivity index (χ4n) is 4.69. The lowest BCUT2D eigenvalue weighted by molar-refractivity contribution is -0.252. The number of urea groups is 1. The minimum Gasteiger partial charge on any atom is -0.508 e. The zero-order valence-corrected chi connectivity index (χ0v) is 22.3. The quantitative estimate of drug-likeness (QED) is 0.263. The Hall–Kier alpha value is -3.47. The van der Waals surface area contributed by atoms with Gasteiger partial charge in [-0.25, -0.2) is 4.79 Å². The summed E-state index contributed by atoms with van der Waals surface area (Å²) in [5.41, 5.74) is 3.84. The largest absolute Gasteiger partial charge is 0.508 e. The minimum absolute atomic E-state index is 0.0299. The van der Waals surface area contributed by atoms with Crippen molar-refractivity contribution in [3.05, 3.63) is 95.1 Å². The second-order valence-corrected chi connectivity index (χ2v) is 9.79. The van der Waals surface area contributed by atoms with Crippen LogP contribution in [0.15, 0.2) is 72.8 Å². The molecule has 3 aromatic rings. The molecule has 0 aliphatic carbocycles. The van der Waals surface area contributed by atoms with E-state index in [4.69, 9.17) is 9.47 Å². The highest BCUT2D eigenvalue weighted by molar-refractivity contribution is 5.89. The predicted octanol–water partition coefficient (Wildman–Crippen LogP) is 4.24. The van der Waals surface area contributed by atoms with Gasteiger partial charge in [-0.15, -0.1) is 0 Å². The van der Waals surface area contributed by atoms with Crippen molar-refractivity contribution in [2.75, 3.05) is 32.0 Å². The van der Waals surface area contributed by atoms with Gasteiger partial charge in [-0.3, -0.25) is 0 Å². The van der Waals surface area contributed by atoms with Crippen molar-refractivity contribution < 1.29 is 29.6 Å². The van der Waals surface area contributed by atoms with E-state index in [0.717, 1.165) is 16.7 Å². The number of likely N-dealkylation sites (N-methyl/N-ethyl adjacent to an activating group) is 1. The zero-order chi connectivity index (χ0) is 27.8. The molecule has 1 saturated heterocycles. The van der Waals surface area contributed by atoms with Gasteiger partial charge in [-0.2, -0.15) is 0 Å². The van der Waals surface area contributed by atoms with E-state index < -0.39 is 12.4 Å². The number of amides is 2. The lowest BCUT2D eigenvalue weighted by atomic mass is 9.99. The van der Waals surface area contributed by atoms with Gasteiger partial charge in [0.15, 0.2) is 6.29 Å². The number of hydrogen-bond donors (Lipinski definition) is 5. The number of carbonyl (C=O) groups excluding carboxylic acids is 1. The zero-order valence-electron chi connectivity index (χ0n) is 22.3.